The predicted molar refractivity (Wildman–Crippen MR) is 94.7 cm³/mol. The number of hydrogen-bond acceptors (Lipinski definition) is 3. The van der Waals surface area contributed by atoms with Crippen LogP contribution in [0.2, 0.25) is 10.0 Å². The van der Waals surface area contributed by atoms with Gasteiger partial charge in [0.15, 0.2) is 5.69 Å². The highest BCUT2D eigenvalue weighted by atomic mass is 35.5. The van der Waals surface area contributed by atoms with Crippen molar-refractivity contribution in [2.24, 2.45) is 0 Å². The molecular formula is C17H12Cl2FN3O2. The van der Waals surface area contributed by atoms with Crippen LogP contribution in [0.3, 0.4) is 0 Å². The lowest BCUT2D eigenvalue weighted by Gasteiger charge is -2.16. The summed E-state index contributed by atoms with van der Waals surface area (Å²) in [4.78, 5) is 24.3. The van der Waals surface area contributed by atoms with E-state index >= 15 is 0 Å². The second kappa shape index (κ2) is 6.82. The fourth-order valence-corrected chi connectivity index (χ4v) is 3.05. The standard InChI is InChI=1S/C17H12Cl2FN3O2/c1-8(11-6-14(20)13(19)7-12(11)18)21-17(25)15-9-4-2-3-5-10(9)16(24)23-22-15/h2-8H,1H3,(H,21,25)(H,23,24)/t8-/m0/s1. The molecule has 0 aliphatic heterocycles. The van der Waals surface area contributed by atoms with Crippen LogP contribution in [0.1, 0.15) is 29.0 Å². The number of aromatic amines is 1. The van der Waals surface area contributed by atoms with E-state index in [-0.39, 0.29) is 21.3 Å². The van der Waals surface area contributed by atoms with Gasteiger partial charge in [-0.1, -0.05) is 41.4 Å². The molecule has 3 aromatic rings. The summed E-state index contributed by atoms with van der Waals surface area (Å²) in [7, 11) is 0. The Kier molecular flexibility index (Phi) is 4.74. The molecule has 1 aromatic heterocycles. The number of nitrogens with zero attached hydrogens (tertiary/aromatic N) is 1. The topological polar surface area (TPSA) is 74.8 Å². The summed E-state index contributed by atoms with van der Waals surface area (Å²) >= 11 is 11.8. The maximum atomic E-state index is 13.7. The van der Waals surface area contributed by atoms with E-state index in [4.69, 9.17) is 23.2 Å². The first-order chi connectivity index (χ1) is 11.9. The number of fused-ring (bicyclic) bond motifs is 1. The monoisotopic (exact) mass is 379 g/mol. The Hall–Kier alpha value is -2.44. The van der Waals surface area contributed by atoms with Crippen molar-refractivity contribution in [3.05, 3.63) is 73.9 Å². The molecular weight excluding hydrogens is 368 g/mol. The Bertz CT molecular complexity index is 1040. The van der Waals surface area contributed by atoms with Crippen LogP contribution in [0.15, 0.2) is 41.2 Å². The number of amides is 1. The first-order valence-electron chi connectivity index (χ1n) is 7.31. The first-order valence-corrected chi connectivity index (χ1v) is 8.07. The molecule has 0 unspecified atom stereocenters. The molecule has 8 heteroatoms. The van der Waals surface area contributed by atoms with Gasteiger partial charge in [-0.3, -0.25) is 9.59 Å². The lowest BCUT2D eigenvalue weighted by Crippen LogP contribution is -2.29. The number of nitrogens with one attached hydrogen (secondary N) is 2. The van der Waals surface area contributed by atoms with E-state index in [2.05, 4.69) is 15.5 Å². The van der Waals surface area contributed by atoms with Crippen molar-refractivity contribution >= 4 is 39.9 Å². The van der Waals surface area contributed by atoms with Crippen molar-refractivity contribution in [3.8, 4) is 0 Å². The maximum absolute atomic E-state index is 13.7. The molecule has 0 saturated carbocycles. The molecule has 0 aliphatic carbocycles. The molecule has 1 heterocycles. The fraction of sp³-hybridized carbons (Fsp3) is 0.118. The summed E-state index contributed by atoms with van der Waals surface area (Å²) in [5.41, 5.74) is 0.0567. The minimum Gasteiger partial charge on any atom is -0.344 e. The number of H-pyrrole nitrogens is 1. The Balaban J connectivity index is 1.94. The minimum atomic E-state index is -0.630. The number of carbonyl (C=O) groups excluding carboxylic acids is 1. The zero-order chi connectivity index (χ0) is 18.1. The lowest BCUT2D eigenvalue weighted by atomic mass is 10.1. The van der Waals surface area contributed by atoms with Crippen LogP contribution < -0.4 is 10.9 Å². The van der Waals surface area contributed by atoms with Gasteiger partial charge in [0.25, 0.3) is 11.5 Å². The van der Waals surface area contributed by atoms with Crippen LogP contribution in [0.25, 0.3) is 10.8 Å². The van der Waals surface area contributed by atoms with Gasteiger partial charge in [0, 0.05) is 10.4 Å². The Morgan fingerprint density at radius 1 is 1.20 bits per heavy atom. The van der Waals surface area contributed by atoms with Gasteiger partial charge < -0.3 is 5.32 Å². The second-order valence-corrected chi connectivity index (χ2v) is 6.24. The lowest BCUT2D eigenvalue weighted by molar-refractivity contribution is 0.0935. The van der Waals surface area contributed by atoms with E-state index in [0.29, 0.717) is 16.3 Å². The quantitative estimate of drug-likeness (QED) is 0.678. The van der Waals surface area contributed by atoms with E-state index in [1.54, 1.807) is 31.2 Å². The van der Waals surface area contributed by atoms with Crippen LogP contribution in [0.4, 0.5) is 4.39 Å². The summed E-state index contributed by atoms with van der Waals surface area (Å²) in [6.07, 6.45) is 0. The normalized spacial score (nSPS) is 12.2. The minimum absolute atomic E-state index is 0.0626. The van der Waals surface area contributed by atoms with Crippen LogP contribution in [-0.4, -0.2) is 16.1 Å². The third-order valence-electron chi connectivity index (χ3n) is 3.76. The van der Waals surface area contributed by atoms with Crippen LogP contribution in [0.5, 0.6) is 0 Å². The molecule has 0 spiro atoms. The van der Waals surface area contributed by atoms with Crippen molar-refractivity contribution in [1.29, 1.82) is 0 Å². The first kappa shape index (κ1) is 17.4. The molecule has 0 bridgehead atoms. The Labute approximate surface area is 151 Å². The number of hydrogen-bond donors (Lipinski definition) is 2. The average Bonchev–Trinajstić information content (AvgIpc) is 2.58. The SMILES string of the molecule is C[C@H](NC(=O)c1n[nH]c(=O)c2ccccc12)c1cc(F)c(Cl)cc1Cl. The van der Waals surface area contributed by atoms with E-state index in [1.165, 1.54) is 12.1 Å². The fourth-order valence-electron chi connectivity index (χ4n) is 2.50. The molecule has 3 rings (SSSR count). The van der Waals surface area contributed by atoms with Gasteiger partial charge in [0.2, 0.25) is 0 Å². The molecule has 0 saturated heterocycles. The van der Waals surface area contributed by atoms with Crippen molar-refractivity contribution in [1.82, 2.24) is 15.5 Å². The van der Waals surface area contributed by atoms with Crippen LogP contribution in [-0.2, 0) is 0 Å². The third-order valence-corrected chi connectivity index (χ3v) is 4.38. The molecule has 1 atom stereocenters. The smallest absolute Gasteiger partial charge is 0.272 e. The van der Waals surface area contributed by atoms with E-state index in [0.717, 1.165) is 0 Å². The highest BCUT2D eigenvalue weighted by molar-refractivity contribution is 6.35. The Morgan fingerprint density at radius 2 is 1.88 bits per heavy atom. The van der Waals surface area contributed by atoms with Crippen molar-refractivity contribution in [2.45, 2.75) is 13.0 Å². The van der Waals surface area contributed by atoms with E-state index in [1.807, 2.05) is 0 Å². The van der Waals surface area contributed by atoms with Gasteiger partial charge in [-0.15, -0.1) is 0 Å². The van der Waals surface area contributed by atoms with Crippen molar-refractivity contribution in [2.75, 3.05) is 0 Å². The molecule has 0 aliphatic rings. The summed E-state index contributed by atoms with van der Waals surface area (Å²) in [5, 5.41) is 9.73. The molecule has 2 aromatic carbocycles. The number of aromatic nitrogens is 2. The van der Waals surface area contributed by atoms with E-state index < -0.39 is 17.8 Å². The number of halogens is 3. The third kappa shape index (κ3) is 3.36. The summed E-state index contributed by atoms with van der Waals surface area (Å²) in [6, 6.07) is 8.48. The van der Waals surface area contributed by atoms with E-state index in [9.17, 15) is 14.0 Å². The molecule has 25 heavy (non-hydrogen) atoms. The van der Waals surface area contributed by atoms with Gasteiger partial charge in [0.05, 0.1) is 16.5 Å². The number of benzene rings is 2. The average molecular weight is 380 g/mol. The highest BCUT2D eigenvalue weighted by Crippen LogP contribution is 2.28. The van der Waals surface area contributed by atoms with Gasteiger partial charge in [0.1, 0.15) is 5.82 Å². The predicted octanol–water partition coefficient (Wildman–Crippen LogP) is 3.86. The molecule has 128 valence electrons. The zero-order valence-electron chi connectivity index (χ0n) is 12.9. The largest absolute Gasteiger partial charge is 0.344 e. The number of carbonyl (C=O) groups is 1. The molecule has 2 N–H and O–H groups in total. The molecule has 0 fully saturated rings. The van der Waals surface area contributed by atoms with Crippen molar-refractivity contribution in [3.63, 3.8) is 0 Å². The number of rotatable bonds is 3. The summed E-state index contributed by atoms with van der Waals surface area (Å²) in [5.74, 6) is -1.15. The maximum Gasteiger partial charge on any atom is 0.272 e. The zero-order valence-corrected chi connectivity index (χ0v) is 14.5. The second-order valence-electron chi connectivity index (χ2n) is 5.43. The summed E-state index contributed by atoms with van der Waals surface area (Å²) < 4.78 is 13.7. The molecule has 0 radical (unpaired) electrons. The van der Waals surface area contributed by atoms with Crippen LogP contribution >= 0.6 is 23.2 Å². The summed E-state index contributed by atoms with van der Waals surface area (Å²) in [6.45, 7) is 1.65. The van der Waals surface area contributed by atoms with Gasteiger partial charge in [-0.25, -0.2) is 9.49 Å². The van der Waals surface area contributed by atoms with Gasteiger partial charge >= 0.3 is 0 Å². The molecule has 1 amide bonds. The van der Waals surface area contributed by atoms with Gasteiger partial charge in [-0.05, 0) is 30.7 Å². The highest BCUT2D eigenvalue weighted by Gasteiger charge is 2.19. The van der Waals surface area contributed by atoms with Crippen molar-refractivity contribution < 1.29 is 9.18 Å². The van der Waals surface area contributed by atoms with Gasteiger partial charge in [-0.2, -0.15) is 5.10 Å². The molecule has 5 nitrogen and oxygen atoms in total. The van der Waals surface area contributed by atoms with Crippen LogP contribution in [0, 0.1) is 5.82 Å². The Morgan fingerprint density at radius 3 is 2.60 bits per heavy atom.